The monoisotopic (exact) mass is 350 g/mol. The molecule has 1 aliphatic heterocycles. The molecule has 1 aromatic carbocycles. The van der Waals surface area contributed by atoms with Gasteiger partial charge in [0.15, 0.2) is 0 Å². The minimum Gasteiger partial charge on any atom is -0.334 e. The third kappa shape index (κ3) is 3.02. The number of nitrogens with one attached hydrogen (secondary N) is 1. The van der Waals surface area contributed by atoms with E-state index in [9.17, 15) is 18.0 Å². The number of halogens is 3. The maximum Gasteiger partial charge on any atom is 0.274 e. The van der Waals surface area contributed by atoms with Gasteiger partial charge in [-0.3, -0.25) is 9.48 Å². The van der Waals surface area contributed by atoms with Crippen LogP contribution in [0.25, 0.3) is 0 Å². The van der Waals surface area contributed by atoms with Gasteiger partial charge in [-0.1, -0.05) is 18.2 Å². The lowest BCUT2D eigenvalue weighted by Crippen LogP contribution is -2.48. The first-order valence-corrected chi connectivity index (χ1v) is 8.16. The Bertz CT molecular complexity index is 807. The second-order valence-corrected chi connectivity index (χ2v) is 6.44. The predicted octanol–water partition coefficient (Wildman–Crippen LogP) is 2.39. The van der Waals surface area contributed by atoms with E-state index < -0.39 is 12.0 Å². The van der Waals surface area contributed by atoms with Crippen LogP contribution in [0.15, 0.2) is 36.5 Å². The van der Waals surface area contributed by atoms with Gasteiger partial charge in [0.05, 0.1) is 6.04 Å². The lowest BCUT2D eigenvalue weighted by atomic mass is 10.0. The van der Waals surface area contributed by atoms with Gasteiger partial charge in [0, 0.05) is 37.8 Å². The third-order valence-corrected chi connectivity index (χ3v) is 4.68. The maximum absolute atomic E-state index is 14.0. The fourth-order valence-corrected chi connectivity index (χ4v) is 3.17. The molecule has 1 N–H and O–H groups in total. The molecule has 25 heavy (non-hydrogen) atoms. The minimum absolute atomic E-state index is 0.136. The molecule has 1 amide bonds. The zero-order valence-electron chi connectivity index (χ0n) is 13.3. The van der Waals surface area contributed by atoms with Crippen molar-refractivity contribution >= 4 is 5.91 Å². The van der Waals surface area contributed by atoms with E-state index in [4.69, 9.17) is 0 Å². The molecule has 5 nitrogen and oxygen atoms in total. The molecule has 2 unspecified atom stereocenters. The number of amides is 1. The summed E-state index contributed by atoms with van der Waals surface area (Å²) >= 11 is 0. The summed E-state index contributed by atoms with van der Waals surface area (Å²) in [7, 11) is 0. The molecule has 2 fully saturated rings. The van der Waals surface area contributed by atoms with Crippen LogP contribution in [-0.2, 0) is 0 Å². The molecule has 0 radical (unpaired) electrons. The van der Waals surface area contributed by atoms with Crippen LogP contribution < -0.4 is 5.32 Å². The zero-order valence-corrected chi connectivity index (χ0v) is 13.3. The van der Waals surface area contributed by atoms with Crippen LogP contribution in [0, 0.1) is 5.82 Å². The SMILES string of the molecule is O=C(c1ccn(C2CC2(F)F)n1)N1CCNC(c2ccccc2F)C1. The molecule has 1 aromatic heterocycles. The second-order valence-electron chi connectivity index (χ2n) is 6.44. The van der Waals surface area contributed by atoms with Crippen LogP contribution in [-0.4, -0.2) is 46.1 Å². The summed E-state index contributed by atoms with van der Waals surface area (Å²) in [5, 5.41) is 7.21. The first-order chi connectivity index (χ1) is 12.0. The summed E-state index contributed by atoms with van der Waals surface area (Å²) in [4.78, 5) is 14.2. The molecule has 132 valence electrons. The molecule has 8 heteroatoms. The first kappa shape index (κ1) is 16.1. The number of benzene rings is 1. The van der Waals surface area contributed by atoms with Gasteiger partial charge in [0.1, 0.15) is 17.6 Å². The summed E-state index contributed by atoms with van der Waals surface area (Å²) in [5.41, 5.74) is 0.639. The van der Waals surface area contributed by atoms with E-state index in [1.165, 1.54) is 18.3 Å². The molecule has 2 aliphatic rings. The van der Waals surface area contributed by atoms with Crippen molar-refractivity contribution in [1.82, 2.24) is 20.0 Å². The van der Waals surface area contributed by atoms with Crippen molar-refractivity contribution in [2.45, 2.75) is 24.4 Å². The smallest absolute Gasteiger partial charge is 0.274 e. The highest BCUT2D eigenvalue weighted by molar-refractivity contribution is 5.92. The van der Waals surface area contributed by atoms with E-state index >= 15 is 0 Å². The van der Waals surface area contributed by atoms with Crippen molar-refractivity contribution in [2.24, 2.45) is 0 Å². The highest BCUT2D eigenvalue weighted by Crippen LogP contribution is 2.52. The zero-order chi connectivity index (χ0) is 17.6. The van der Waals surface area contributed by atoms with Gasteiger partial charge in [-0.15, -0.1) is 0 Å². The van der Waals surface area contributed by atoms with Crippen molar-refractivity contribution in [3.63, 3.8) is 0 Å². The molecule has 0 bridgehead atoms. The Labute approximate surface area is 142 Å². The van der Waals surface area contributed by atoms with E-state index in [0.717, 1.165) is 4.68 Å². The number of carbonyl (C=O) groups is 1. The molecule has 2 atom stereocenters. The molecular weight excluding hydrogens is 333 g/mol. The number of carbonyl (C=O) groups excluding carboxylic acids is 1. The van der Waals surface area contributed by atoms with E-state index in [1.807, 2.05) is 0 Å². The van der Waals surface area contributed by atoms with Crippen molar-refractivity contribution in [2.75, 3.05) is 19.6 Å². The van der Waals surface area contributed by atoms with Crippen LogP contribution >= 0.6 is 0 Å². The van der Waals surface area contributed by atoms with Crippen LogP contribution in [0.1, 0.15) is 34.6 Å². The number of nitrogens with zero attached hydrogens (tertiary/aromatic N) is 3. The van der Waals surface area contributed by atoms with Gasteiger partial charge < -0.3 is 10.2 Å². The quantitative estimate of drug-likeness (QED) is 0.925. The molecule has 1 saturated carbocycles. The van der Waals surface area contributed by atoms with Crippen molar-refractivity contribution < 1.29 is 18.0 Å². The lowest BCUT2D eigenvalue weighted by molar-refractivity contribution is 0.0691. The Morgan fingerprint density at radius 3 is 2.76 bits per heavy atom. The molecule has 1 aliphatic carbocycles. The molecule has 0 spiro atoms. The Morgan fingerprint density at radius 2 is 2.04 bits per heavy atom. The van der Waals surface area contributed by atoms with E-state index in [2.05, 4.69) is 10.4 Å². The number of hydrogen-bond acceptors (Lipinski definition) is 3. The summed E-state index contributed by atoms with van der Waals surface area (Å²) < 4.78 is 41.4. The van der Waals surface area contributed by atoms with Crippen LogP contribution in [0.2, 0.25) is 0 Å². The molecular formula is C17H17F3N4O. The van der Waals surface area contributed by atoms with Gasteiger partial charge in [-0.05, 0) is 12.1 Å². The highest BCUT2D eigenvalue weighted by Gasteiger charge is 2.59. The molecule has 1 saturated heterocycles. The van der Waals surface area contributed by atoms with Crippen molar-refractivity contribution in [3.8, 4) is 0 Å². The van der Waals surface area contributed by atoms with Crippen LogP contribution in [0.3, 0.4) is 0 Å². The van der Waals surface area contributed by atoms with Gasteiger partial charge >= 0.3 is 0 Å². The molecule has 2 heterocycles. The molecule has 2 aromatic rings. The Balaban J connectivity index is 1.48. The Kier molecular flexibility index (Phi) is 3.79. The Hall–Kier alpha value is -2.35. The number of alkyl halides is 2. The fourth-order valence-electron chi connectivity index (χ4n) is 3.17. The topological polar surface area (TPSA) is 50.2 Å². The summed E-state index contributed by atoms with van der Waals surface area (Å²) in [6, 6.07) is 6.62. The Morgan fingerprint density at radius 1 is 1.28 bits per heavy atom. The average Bonchev–Trinajstić information content (AvgIpc) is 3.03. The average molecular weight is 350 g/mol. The van der Waals surface area contributed by atoms with E-state index in [-0.39, 0.29) is 29.9 Å². The summed E-state index contributed by atoms with van der Waals surface area (Å²) in [6.45, 7) is 1.27. The minimum atomic E-state index is -2.74. The lowest BCUT2D eigenvalue weighted by Gasteiger charge is -2.33. The number of hydrogen-bond donors (Lipinski definition) is 1. The maximum atomic E-state index is 14.0. The van der Waals surface area contributed by atoms with E-state index in [1.54, 1.807) is 23.1 Å². The summed E-state index contributed by atoms with van der Waals surface area (Å²) in [6.07, 6.45) is 1.17. The number of aromatic nitrogens is 2. The molecule has 4 rings (SSSR count). The predicted molar refractivity (Wildman–Crippen MR) is 83.9 cm³/mol. The second kappa shape index (κ2) is 5.87. The fraction of sp³-hybridized carbons (Fsp3) is 0.412. The largest absolute Gasteiger partial charge is 0.334 e. The summed E-state index contributed by atoms with van der Waals surface area (Å²) in [5.74, 6) is -3.39. The van der Waals surface area contributed by atoms with Gasteiger partial charge in [0.2, 0.25) is 0 Å². The van der Waals surface area contributed by atoms with Gasteiger partial charge in [0.25, 0.3) is 11.8 Å². The van der Waals surface area contributed by atoms with Gasteiger partial charge in [-0.2, -0.15) is 5.10 Å². The van der Waals surface area contributed by atoms with E-state index in [0.29, 0.717) is 25.2 Å². The normalized spacial score (nSPS) is 25.0. The first-order valence-electron chi connectivity index (χ1n) is 8.16. The van der Waals surface area contributed by atoms with Crippen molar-refractivity contribution in [1.29, 1.82) is 0 Å². The van der Waals surface area contributed by atoms with Crippen LogP contribution in [0.4, 0.5) is 13.2 Å². The van der Waals surface area contributed by atoms with Crippen molar-refractivity contribution in [3.05, 3.63) is 53.6 Å². The highest BCUT2D eigenvalue weighted by atomic mass is 19.3. The van der Waals surface area contributed by atoms with Crippen LogP contribution in [0.5, 0.6) is 0 Å². The number of rotatable bonds is 3. The van der Waals surface area contributed by atoms with Gasteiger partial charge in [-0.25, -0.2) is 13.2 Å². The third-order valence-electron chi connectivity index (χ3n) is 4.68. The standard InChI is InChI=1S/C17H17F3N4O/c18-12-4-2-1-3-11(12)14-10-23(8-6-21-14)16(25)13-5-7-24(22-13)15-9-17(15,19)20/h1-5,7,14-15,21H,6,8-10H2. The number of piperazine rings is 1.